The third kappa shape index (κ3) is 4.12. The van der Waals surface area contributed by atoms with Gasteiger partial charge in [-0.25, -0.2) is 4.98 Å². The summed E-state index contributed by atoms with van der Waals surface area (Å²) in [5.41, 5.74) is 3.01. The predicted molar refractivity (Wildman–Crippen MR) is 103 cm³/mol. The van der Waals surface area contributed by atoms with Crippen LogP contribution in [-0.4, -0.2) is 28.0 Å². The van der Waals surface area contributed by atoms with Crippen LogP contribution < -0.4 is 10.6 Å². The van der Waals surface area contributed by atoms with Crippen LogP contribution in [0.15, 0.2) is 26.6 Å². The van der Waals surface area contributed by atoms with Gasteiger partial charge in [0, 0.05) is 28.6 Å². The van der Waals surface area contributed by atoms with Crippen LogP contribution in [0.1, 0.15) is 16.9 Å². The molecule has 8 heteroatoms. The molecule has 3 N–H and O–H groups in total. The van der Waals surface area contributed by atoms with Gasteiger partial charge < -0.3 is 15.6 Å². The van der Waals surface area contributed by atoms with Crippen LogP contribution in [-0.2, 0) is 6.54 Å². The van der Waals surface area contributed by atoms with Crippen LogP contribution in [0.25, 0.3) is 11.2 Å². The fourth-order valence-electron chi connectivity index (χ4n) is 2.22. The highest BCUT2D eigenvalue weighted by molar-refractivity contribution is 9.13. The molecule has 0 aromatic carbocycles. The molecule has 0 saturated heterocycles. The molecule has 3 heterocycles. The quantitative estimate of drug-likeness (QED) is 0.457. The van der Waals surface area contributed by atoms with E-state index in [-0.39, 0.29) is 0 Å². The van der Waals surface area contributed by atoms with Crippen LogP contribution >= 0.6 is 43.2 Å². The molecule has 0 fully saturated rings. The molecular weight excluding hydrogens is 442 g/mol. The fraction of sp³-hybridized carbons (Fsp3) is 0.333. The van der Waals surface area contributed by atoms with Gasteiger partial charge >= 0.3 is 0 Å². The molecule has 0 aliphatic rings. The highest BCUT2D eigenvalue weighted by Crippen LogP contribution is 2.36. The maximum atomic E-state index is 4.40. The lowest BCUT2D eigenvalue weighted by molar-refractivity contribution is 0.666. The second-order valence-corrected chi connectivity index (χ2v) is 8.37. The zero-order valence-electron chi connectivity index (χ0n) is 12.6. The van der Waals surface area contributed by atoms with E-state index in [0.29, 0.717) is 0 Å². The number of pyridine rings is 1. The number of nitrogens with zero attached hydrogens (tertiary/aromatic N) is 2. The zero-order chi connectivity index (χ0) is 16.2. The number of rotatable bonds is 7. The molecule has 0 spiro atoms. The monoisotopic (exact) mass is 457 g/mol. The van der Waals surface area contributed by atoms with Crippen LogP contribution in [0.4, 0.5) is 5.95 Å². The van der Waals surface area contributed by atoms with Gasteiger partial charge in [-0.15, -0.1) is 11.3 Å². The maximum absolute atomic E-state index is 4.40. The van der Waals surface area contributed by atoms with Crippen molar-refractivity contribution >= 4 is 60.3 Å². The average molecular weight is 459 g/mol. The third-order valence-electron chi connectivity index (χ3n) is 3.50. The van der Waals surface area contributed by atoms with Gasteiger partial charge in [0.1, 0.15) is 0 Å². The standard InChI is InChI=1S/C15H17Br2N5S/c1-9-11(23-13(17)12(9)16)8-18-5-3-7-20-15-21-10-4-2-6-19-14(10)22-15/h2,4,6,18H,3,5,7-8H2,1H3,(H2,19,20,21,22). The predicted octanol–water partition coefficient (Wildman–Crippen LogP) is 4.44. The summed E-state index contributed by atoms with van der Waals surface area (Å²) in [6.07, 6.45) is 2.78. The van der Waals surface area contributed by atoms with Crippen LogP contribution in [0, 0.1) is 6.92 Å². The molecule has 5 nitrogen and oxygen atoms in total. The van der Waals surface area contributed by atoms with Gasteiger partial charge in [0.25, 0.3) is 0 Å². The molecule has 3 aromatic rings. The smallest absolute Gasteiger partial charge is 0.202 e. The lowest BCUT2D eigenvalue weighted by atomic mass is 10.3. The van der Waals surface area contributed by atoms with Gasteiger partial charge in [-0.3, -0.25) is 0 Å². The Bertz CT molecular complexity index is 765. The van der Waals surface area contributed by atoms with Crippen molar-refractivity contribution in [3.63, 3.8) is 0 Å². The van der Waals surface area contributed by atoms with E-state index in [1.165, 1.54) is 14.9 Å². The van der Waals surface area contributed by atoms with Gasteiger partial charge in [-0.2, -0.15) is 4.98 Å². The van der Waals surface area contributed by atoms with Gasteiger partial charge in [0.2, 0.25) is 5.95 Å². The summed E-state index contributed by atoms with van der Waals surface area (Å²) in [6, 6.07) is 3.87. The maximum Gasteiger partial charge on any atom is 0.202 e. The number of hydrogen-bond donors (Lipinski definition) is 3. The number of hydrogen-bond acceptors (Lipinski definition) is 5. The average Bonchev–Trinajstić information content (AvgIpc) is 3.07. The Hall–Kier alpha value is -0.960. The minimum Gasteiger partial charge on any atom is -0.356 e. The van der Waals surface area contributed by atoms with E-state index in [1.807, 2.05) is 12.1 Å². The van der Waals surface area contributed by atoms with E-state index < -0.39 is 0 Å². The fourth-order valence-corrected chi connectivity index (χ4v) is 4.60. The first-order valence-electron chi connectivity index (χ1n) is 7.33. The summed E-state index contributed by atoms with van der Waals surface area (Å²) < 4.78 is 2.33. The van der Waals surface area contributed by atoms with Crippen molar-refractivity contribution < 1.29 is 0 Å². The summed E-state index contributed by atoms with van der Waals surface area (Å²) >= 11 is 8.92. The minimum atomic E-state index is 0.748. The lowest BCUT2D eigenvalue weighted by Crippen LogP contribution is -2.17. The van der Waals surface area contributed by atoms with Crippen molar-refractivity contribution in [2.45, 2.75) is 19.9 Å². The van der Waals surface area contributed by atoms with E-state index in [9.17, 15) is 0 Å². The molecule has 0 aliphatic carbocycles. The topological polar surface area (TPSA) is 65.6 Å². The second kappa shape index (κ2) is 7.74. The van der Waals surface area contributed by atoms with Gasteiger partial charge in [-0.1, -0.05) is 0 Å². The molecule has 0 saturated carbocycles. The van der Waals surface area contributed by atoms with E-state index in [0.717, 1.165) is 47.0 Å². The van der Waals surface area contributed by atoms with Crippen LogP contribution in [0.3, 0.4) is 0 Å². The number of anilines is 1. The minimum absolute atomic E-state index is 0.748. The van der Waals surface area contributed by atoms with Gasteiger partial charge in [-0.05, 0) is 69.4 Å². The molecule has 3 rings (SSSR count). The van der Waals surface area contributed by atoms with Crippen molar-refractivity contribution in [1.82, 2.24) is 20.3 Å². The summed E-state index contributed by atoms with van der Waals surface area (Å²) in [7, 11) is 0. The van der Waals surface area contributed by atoms with Crippen LogP contribution in [0.5, 0.6) is 0 Å². The molecule has 3 aromatic heterocycles. The Morgan fingerprint density at radius 1 is 1.30 bits per heavy atom. The second-order valence-electron chi connectivity index (χ2n) is 5.16. The third-order valence-corrected chi connectivity index (χ3v) is 7.25. The first kappa shape index (κ1) is 16.9. The Labute approximate surface area is 155 Å². The zero-order valence-corrected chi connectivity index (χ0v) is 16.6. The highest BCUT2D eigenvalue weighted by Gasteiger charge is 2.10. The molecule has 23 heavy (non-hydrogen) atoms. The van der Waals surface area contributed by atoms with Gasteiger partial charge in [0.05, 0.1) is 9.30 Å². The van der Waals surface area contributed by atoms with Crippen molar-refractivity contribution in [3.05, 3.63) is 37.0 Å². The summed E-state index contributed by atoms with van der Waals surface area (Å²) in [5.74, 6) is 0.778. The Kier molecular flexibility index (Phi) is 5.68. The number of aromatic nitrogens is 3. The lowest BCUT2D eigenvalue weighted by Gasteiger charge is -2.05. The van der Waals surface area contributed by atoms with Crippen LogP contribution in [0.2, 0.25) is 0 Å². The summed E-state index contributed by atoms with van der Waals surface area (Å²) in [6.45, 7) is 4.86. The number of H-pyrrole nitrogens is 1. The van der Waals surface area contributed by atoms with E-state index in [1.54, 1.807) is 17.5 Å². The molecule has 122 valence electrons. The molecule has 0 unspecified atom stereocenters. The Balaban J connectivity index is 1.39. The number of aromatic amines is 1. The van der Waals surface area contributed by atoms with Crippen molar-refractivity contribution in [2.24, 2.45) is 0 Å². The Morgan fingerprint density at radius 3 is 2.91 bits per heavy atom. The van der Waals surface area contributed by atoms with E-state index in [4.69, 9.17) is 0 Å². The van der Waals surface area contributed by atoms with E-state index >= 15 is 0 Å². The first-order chi connectivity index (χ1) is 11.1. The van der Waals surface area contributed by atoms with Crippen molar-refractivity contribution in [2.75, 3.05) is 18.4 Å². The number of nitrogens with one attached hydrogen (secondary N) is 3. The summed E-state index contributed by atoms with van der Waals surface area (Å²) in [5, 5.41) is 6.78. The largest absolute Gasteiger partial charge is 0.356 e. The first-order valence-corrected chi connectivity index (χ1v) is 9.74. The molecular formula is C15H17Br2N5S. The molecule has 0 amide bonds. The normalized spacial score (nSPS) is 11.3. The molecule has 0 atom stereocenters. The summed E-state index contributed by atoms with van der Waals surface area (Å²) in [4.78, 5) is 13.2. The van der Waals surface area contributed by atoms with Crippen molar-refractivity contribution in [1.29, 1.82) is 0 Å². The van der Waals surface area contributed by atoms with Gasteiger partial charge in [0.15, 0.2) is 5.65 Å². The number of thiophene rings is 1. The SMILES string of the molecule is Cc1c(CNCCCNc2nc3ncccc3[nH]2)sc(Br)c1Br. The number of imidazole rings is 1. The number of halogens is 2. The molecule has 0 bridgehead atoms. The van der Waals surface area contributed by atoms with Crippen molar-refractivity contribution in [3.8, 4) is 0 Å². The van der Waals surface area contributed by atoms with E-state index in [2.05, 4.69) is 64.4 Å². The Morgan fingerprint density at radius 2 is 2.17 bits per heavy atom. The number of fused-ring (bicyclic) bond motifs is 1. The molecule has 0 radical (unpaired) electrons. The highest BCUT2D eigenvalue weighted by atomic mass is 79.9. The molecule has 0 aliphatic heterocycles.